The summed E-state index contributed by atoms with van der Waals surface area (Å²) in [5.74, 6) is -0.212. The van der Waals surface area contributed by atoms with Crippen molar-refractivity contribution in [2.24, 2.45) is 5.92 Å². The van der Waals surface area contributed by atoms with E-state index < -0.39 is 17.7 Å². The minimum atomic E-state index is -0.679. The fourth-order valence-electron chi connectivity index (χ4n) is 3.21. The lowest BCUT2D eigenvalue weighted by Crippen LogP contribution is -2.57. The fraction of sp³-hybridized carbons (Fsp3) is 0.609. The number of nitrogens with one attached hydrogen (secondary N) is 1. The second-order valence-electron chi connectivity index (χ2n) is 8.86. The van der Waals surface area contributed by atoms with Crippen LogP contribution >= 0.6 is 0 Å². The van der Waals surface area contributed by atoms with E-state index in [1.807, 2.05) is 65.0 Å². The highest BCUT2D eigenvalue weighted by atomic mass is 16.6. The Balaban J connectivity index is 1.91. The molecule has 1 N–H and O–H groups in total. The Kier molecular flexibility index (Phi) is 8.71. The molecule has 0 spiro atoms. The molecule has 0 aliphatic carbocycles. The molecule has 1 fully saturated rings. The quantitative estimate of drug-likeness (QED) is 0.743. The van der Waals surface area contributed by atoms with E-state index in [1.54, 1.807) is 9.80 Å². The van der Waals surface area contributed by atoms with Crippen molar-refractivity contribution >= 4 is 18.1 Å². The Bertz CT molecular complexity index is 739. The van der Waals surface area contributed by atoms with Gasteiger partial charge in [-0.05, 0) is 32.3 Å². The molecule has 1 aromatic rings. The van der Waals surface area contributed by atoms with Gasteiger partial charge < -0.3 is 24.6 Å². The number of rotatable bonds is 6. The fourth-order valence-corrected chi connectivity index (χ4v) is 3.21. The average molecular weight is 434 g/mol. The van der Waals surface area contributed by atoms with Crippen LogP contribution in [-0.4, -0.2) is 65.7 Å². The third-order valence-corrected chi connectivity index (χ3v) is 5.21. The van der Waals surface area contributed by atoms with Crippen molar-refractivity contribution in [2.45, 2.75) is 59.3 Å². The van der Waals surface area contributed by atoms with Crippen molar-refractivity contribution in [2.75, 3.05) is 26.2 Å². The summed E-state index contributed by atoms with van der Waals surface area (Å²) in [7, 11) is 0. The lowest BCUT2D eigenvalue weighted by Gasteiger charge is -2.37. The van der Waals surface area contributed by atoms with Gasteiger partial charge in [0.2, 0.25) is 5.91 Å². The summed E-state index contributed by atoms with van der Waals surface area (Å²) in [6.45, 7) is 11.1. The highest BCUT2D eigenvalue weighted by Gasteiger charge is 2.33. The van der Waals surface area contributed by atoms with Crippen LogP contribution in [0.1, 0.15) is 46.6 Å². The topological polar surface area (TPSA) is 88.2 Å². The van der Waals surface area contributed by atoms with Gasteiger partial charge in [0, 0.05) is 26.2 Å². The van der Waals surface area contributed by atoms with Crippen molar-refractivity contribution in [3.63, 3.8) is 0 Å². The summed E-state index contributed by atoms with van der Waals surface area (Å²) in [4.78, 5) is 41.0. The van der Waals surface area contributed by atoms with Gasteiger partial charge in [0.25, 0.3) is 0 Å². The van der Waals surface area contributed by atoms with E-state index in [2.05, 4.69) is 5.32 Å². The molecule has 0 radical (unpaired) electrons. The summed E-state index contributed by atoms with van der Waals surface area (Å²) in [5, 5.41) is 2.74. The summed E-state index contributed by atoms with van der Waals surface area (Å²) in [5.41, 5.74) is 0.317. The monoisotopic (exact) mass is 433 g/mol. The molecule has 1 heterocycles. The Morgan fingerprint density at radius 1 is 1.03 bits per heavy atom. The van der Waals surface area contributed by atoms with E-state index in [0.717, 1.165) is 12.0 Å². The van der Waals surface area contributed by atoms with E-state index in [1.165, 1.54) is 0 Å². The molecule has 1 aliphatic heterocycles. The molecular formula is C23H35N3O5. The second-order valence-corrected chi connectivity index (χ2v) is 8.86. The van der Waals surface area contributed by atoms with Crippen LogP contribution in [0.4, 0.5) is 9.59 Å². The zero-order valence-corrected chi connectivity index (χ0v) is 19.2. The molecule has 2 atom stereocenters. The molecule has 0 aromatic heterocycles. The molecule has 0 saturated carbocycles. The predicted octanol–water partition coefficient (Wildman–Crippen LogP) is 3.41. The molecule has 8 heteroatoms. The molecule has 1 saturated heterocycles. The first-order chi connectivity index (χ1) is 14.6. The molecular weight excluding hydrogens is 398 g/mol. The molecule has 31 heavy (non-hydrogen) atoms. The average Bonchev–Trinajstić information content (AvgIpc) is 2.74. The van der Waals surface area contributed by atoms with Crippen molar-refractivity contribution in [1.82, 2.24) is 15.1 Å². The Morgan fingerprint density at radius 3 is 2.16 bits per heavy atom. The van der Waals surface area contributed by atoms with Crippen LogP contribution in [0.2, 0.25) is 0 Å². The van der Waals surface area contributed by atoms with Gasteiger partial charge >= 0.3 is 12.2 Å². The molecule has 3 amide bonds. The van der Waals surface area contributed by atoms with E-state index in [9.17, 15) is 14.4 Å². The number of amides is 3. The zero-order valence-electron chi connectivity index (χ0n) is 19.2. The highest BCUT2D eigenvalue weighted by molar-refractivity contribution is 5.86. The molecule has 0 unspecified atom stereocenters. The Morgan fingerprint density at radius 2 is 1.61 bits per heavy atom. The van der Waals surface area contributed by atoms with Gasteiger partial charge in [0.15, 0.2) is 0 Å². The first kappa shape index (κ1) is 24.5. The van der Waals surface area contributed by atoms with Crippen molar-refractivity contribution in [3.05, 3.63) is 35.9 Å². The number of hydrogen-bond donors (Lipinski definition) is 1. The minimum Gasteiger partial charge on any atom is -0.445 e. The number of alkyl carbamates (subject to hydrolysis) is 1. The van der Waals surface area contributed by atoms with Gasteiger partial charge in [-0.25, -0.2) is 9.59 Å². The van der Waals surface area contributed by atoms with Crippen LogP contribution in [0.15, 0.2) is 30.3 Å². The highest BCUT2D eigenvalue weighted by Crippen LogP contribution is 2.15. The van der Waals surface area contributed by atoms with Crippen molar-refractivity contribution in [3.8, 4) is 0 Å². The Hall–Kier alpha value is -2.77. The van der Waals surface area contributed by atoms with Gasteiger partial charge in [-0.2, -0.15) is 0 Å². The van der Waals surface area contributed by atoms with E-state index in [0.29, 0.717) is 26.2 Å². The van der Waals surface area contributed by atoms with E-state index >= 15 is 0 Å². The number of carbonyl (C=O) groups is 3. The number of carbonyl (C=O) groups excluding carboxylic acids is 3. The number of ether oxygens (including phenoxy) is 2. The molecule has 1 aliphatic rings. The van der Waals surface area contributed by atoms with E-state index in [4.69, 9.17) is 9.47 Å². The molecule has 1 aromatic carbocycles. The van der Waals surface area contributed by atoms with Crippen LogP contribution in [0.5, 0.6) is 0 Å². The zero-order chi connectivity index (χ0) is 23.0. The molecule has 8 nitrogen and oxygen atoms in total. The van der Waals surface area contributed by atoms with Crippen LogP contribution in [0.3, 0.4) is 0 Å². The number of nitrogens with zero attached hydrogens (tertiary/aromatic N) is 2. The normalized spacial score (nSPS) is 16.3. The van der Waals surface area contributed by atoms with Crippen LogP contribution < -0.4 is 5.32 Å². The predicted molar refractivity (Wildman–Crippen MR) is 117 cm³/mol. The van der Waals surface area contributed by atoms with Gasteiger partial charge in [-0.1, -0.05) is 50.6 Å². The second kappa shape index (κ2) is 11.0. The largest absolute Gasteiger partial charge is 0.445 e. The molecule has 2 rings (SSSR count). The first-order valence-corrected chi connectivity index (χ1v) is 10.8. The smallest absolute Gasteiger partial charge is 0.410 e. The summed E-state index contributed by atoms with van der Waals surface area (Å²) in [6, 6.07) is 8.70. The van der Waals surface area contributed by atoms with Gasteiger partial charge in [0.1, 0.15) is 18.2 Å². The van der Waals surface area contributed by atoms with Crippen LogP contribution in [-0.2, 0) is 20.9 Å². The van der Waals surface area contributed by atoms with Crippen molar-refractivity contribution < 1.29 is 23.9 Å². The third-order valence-electron chi connectivity index (χ3n) is 5.21. The van der Waals surface area contributed by atoms with Crippen molar-refractivity contribution in [1.29, 1.82) is 0 Å². The third kappa shape index (κ3) is 7.77. The SMILES string of the molecule is CC[C@H](C)[C@H](NC(=O)OCc1ccccc1)C(=O)N1CCN(C(=O)OC(C)(C)C)CC1. The van der Waals surface area contributed by atoms with Gasteiger partial charge in [0.05, 0.1) is 0 Å². The Labute approximate surface area is 184 Å². The summed E-state index contributed by atoms with van der Waals surface area (Å²) < 4.78 is 10.7. The van der Waals surface area contributed by atoms with Gasteiger partial charge in [-0.15, -0.1) is 0 Å². The van der Waals surface area contributed by atoms with Crippen LogP contribution in [0, 0.1) is 5.92 Å². The molecule has 0 bridgehead atoms. The maximum atomic E-state index is 13.1. The maximum absolute atomic E-state index is 13.1. The van der Waals surface area contributed by atoms with Gasteiger partial charge in [-0.3, -0.25) is 4.79 Å². The standard InChI is InChI=1S/C23H35N3O5/c1-6-17(2)19(24-21(28)30-16-18-10-8-7-9-11-18)20(27)25-12-14-26(15-13-25)22(29)31-23(3,4)5/h7-11,17,19H,6,12-16H2,1-5H3,(H,24,28)/t17-,19-/m0/s1. The molecule has 172 valence electrons. The van der Waals surface area contributed by atoms with E-state index in [-0.39, 0.29) is 24.5 Å². The maximum Gasteiger partial charge on any atom is 0.410 e. The lowest BCUT2D eigenvalue weighted by atomic mass is 9.97. The van der Waals surface area contributed by atoms with Crippen LogP contribution in [0.25, 0.3) is 0 Å². The number of hydrogen-bond acceptors (Lipinski definition) is 5. The number of piperazine rings is 1. The summed E-state index contributed by atoms with van der Waals surface area (Å²) >= 11 is 0. The summed E-state index contributed by atoms with van der Waals surface area (Å²) in [6.07, 6.45) is -0.261. The number of benzene rings is 1. The minimum absolute atomic E-state index is 0.0549. The lowest BCUT2D eigenvalue weighted by molar-refractivity contribution is -0.136. The first-order valence-electron chi connectivity index (χ1n) is 10.8.